The number of aryl methyl sites for hydroxylation is 1. The first-order valence-corrected chi connectivity index (χ1v) is 6.96. The monoisotopic (exact) mass is 272 g/mol. The molecule has 2 rings (SSSR count). The lowest BCUT2D eigenvalue weighted by atomic mass is 10.1. The van der Waals surface area contributed by atoms with Gasteiger partial charge in [-0.15, -0.1) is 0 Å². The molecule has 5 nitrogen and oxygen atoms in total. The number of carbonyl (C=O) groups is 1. The summed E-state index contributed by atoms with van der Waals surface area (Å²) in [6, 6.07) is 9.85. The highest BCUT2D eigenvalue weighted by Crippen LogP contribution is 2.11. The van der Waals surface area contributed by atoms with Crippen LogP contribution in [0, 0.1) is 11.3 Å². The first-order chi connectivity index (χ1) is 9.72. The van der Waals surface area contributed by atoms with Crippen LogP contribution in [0.1, 0.15) is 12.5 Å². The number of nitrogens with zero attached hydrogens (tertiary/aromatic N) is 2. The number of nitrogens with one attached hydrogen (secondary N) is 2. The number of nitriles is 1. The van der Waals surface area contributed by atoms with Gasteiger partial charge in [0.05, 0.1) is 12.6 Å². The van der Waals surface area contributed by atoms with E-state index < -0.39 is 0 Å². The number of hydrogen-bond donors (Lipinski definition) is 2. The van der Waals surface area contributed by atoms with Crippen molar-refractivity contribution in [2.45, 2.75) is 19.4 Å². The summed E-state index contributed by atoms with van der Waals surface area (Å²) in [5.74, 6) is -0.0691. The van der Waals surface area contributed by atoms with Gasteiger partial charge in [-0.3, -0.25) is 9.69 Å². The highest BCUT2D eigenvalue weighted by molar-refractivity contribution is 5.92. The molecular weight excluding hydrogens is 252 g/mol. The fourth-order valence-corrected chi connectivity index (χ4v) is 2.32. The lowest BCUT2D eigenvalue weighted by Crippen LogP contribution is -2.52. The molecule has 1 saturated heterocycles. The van der Waals surface area contributed by atoms with E-state index in [-0.39, 0.29) is 18.5 Å². The minimum Gasteiger partial charge on any atom is -0.325 e. The molecule has 0 saturated carbocycles. The molecule has 5 heteroatoms. The van der Waals surface area contributed by atoms with Crippen LogP contribution in [-0.4, -0.2) is 43.0 Å². The van der Waals surface area contributed by atoms with E-state index in [4.69, 9.17) is 5.26 Å². The van der Waals surface area contributed by atoms with Crippen LogP contribution >= 0.6 is 0 Å². The Kier molecular flexibility index (Phi) is 5.10. The molecule has 20 heavy (non-hydrogen) atoms. The van der Waals surface area contributed by atoms with Crippen LogP contribution < -0.4 is 10.6 Å². The van der Waals surface area contributed by atoms with Crippen molar-refractivity contribution in [3.05, 3.63) is 29.8 Å². The Morgan fingerprint density at radius 2 is 2.45 bits per heavy atom. The Morgan fingerprint density at radius 1 is 1.60 bits per heavy atom. The van der Waals surface area contributed by atoms with Crippen LogP contribution in [0.4, 0.5) is 5.69 Å². The van der Waals surface area contributed by atoms with E-state index in [9.17, 15) is 4.79 Å². The molecule has 0 radical (unpaired) electrons. The van der Waals surface area contributed by atoms with Crippen molar-refractivity contribution in [1.82, 2.24) is 10.2 Å². The van der Waals surface area contributed by atoms with Crippen molar-refractivity contribution < 1.29 is 4.79 Å². The average molecular weight is 272 g/mol. The second-order valence-corrected chi connectivity index (χ2v) is 4.92. The van der Waals surface area contributed by atoms with Gasteiger partial charge in [0.15, 0.2) is 0 Å². The molecule has 0 aliphatic carbocycles. The second-order valence-electron chi connectivity index (χ2n) is 4.92. The van der Waals surface area contributed by atoms with E-state index >= 15 is 0 Å². The first kappa shape index (κ1) is 14.5. The zero-order valence-electron chi connectivity index (χ0n) is 11.7. The van der Waals surface area contributed by atoms with Crippen molar-refractivity contribution in [3.63, 3.8) is 0 Å². The Bertz CT molecular complexity index is 509. The zero-order valence-corrected chi connectivity index (χ0v) is 11.7. The smallest absolute Gasteiger partial charge is 0.238 e. The Labute approximate surface area is 119 Å². The van der Waals surface area contributed by atoms with Gasteiger partial charge in [0.25, 0.3) is 0 Å². The summed E-state index contributed by atoms with van der Waals surface area (Å²) < 4.78 is 0. The predicted molar refractivity (Wildman–Crippen MR) is 78.3 cm³/mol. The summed E-state index contributed by atoms with van der Waals surface area (Å²) in [5, 5.41) is 15.1. The lowest BCUT2D eigenvalue weighted by Gasteiger charge is -2.31. The number of hydrogen-bond acceptors (Lipinski definition) is 4. The van der Waals surface area contributed by atoms with Crippen molar-refractivity contribution in [3.8, 4) is 6.07 Å². The van der Waals surface area contributed by atoms with Gasteiger partial charge in [-0.1, -0.05) is 19.1 Å². The highest BCUT2D eigenvalue weighted by atomic mass is 16.2. The average Bonchev–Trinajstić information content (AvgIpc) is 2.48. The van der Waals surface area contributed by atoms with Gasteiger partial charge in [0.1, 0.15) is 6.04 Å². The number of rotatable bonds is 4. The van der Waals surface area contributed by atoms with Crippen molar-refractivity contribution >= 4 is 11.6 Å². The molecule has 1 aromatic rings. The van der Waals surface area contributed by atoms with Crippen LogP contribution in [0.2, 0.25) is 0 Å². The molecule has 1 fully saturated rings. The van der Waals surface area contributed by atoms with Gasteiger partial charge in [0, 0.05) is 25.3 Å². The normalized spacial score (nSPS) is 19.3. The highest BCUT2D eigenvalue weighted by Gasteiger charge is 2.23. The summed E-state index contributed by atoms with van der Waals surface area (Å²) in [6.07, 6.45) is 0.942. The Morgan fingerprint density at radius 3 is 3.20 bits per heavy atom. The molecule has 1 aliphatic heterocycles. The fourth-order valence-electron chi connectivity index (χ4n) is 2.32. The minimum atomic E-state index is -0.225. The third-order valence-electron chi connectivity index (χ3n) is 3.47. The molecule has 106 valence electrons. The maximum Gasteiger partial charge on any atom is 0.238 e. The van der Waals surface area contributed by atoms with E-state index in [2.05, 4.69) is 23.6 Å². The Hall–Kier alpha value is -1.90. The molecule has 1 heterocycles. The van der Waals surface area contributed by atoms with E-state index in [1.54, 1.807) is 0 Å². The summed E-state index contributed by atoms with van der Waals surface area (Å²) in [7, 11) is 0. The molecule has 1 aliphatic rings. The SMILES string of the molecule is CCc1cccc(NC(=O)CN2CCNCC2C#N)c1. The van der Waals surface area contributed by atoms with Crippen LogP contribution in [0.15, 0.2) is 24.3 Å². The van der Waals surface area contributed by atoms with Crippen LogP contribution in [0.25, 0.3) is 0 Å². The quantitative estimate of drug-likeness (QED) is 0.857. The number of amides is 1. The first-order valence-electron chi connectivity index (χ1n) is 6.96. The largest absolute Gasteiger partial charge is 0.325 e. The van der Waals surface area contributed by atoms with Gasteiger partial charge in [-0.25, -0.2) is 0 Å². The summed E-state index contributed by atoms with van der Waals surface area (Å²) in [4.78, 5) is 14.0. The van der Waals surface area contributed by atoms with Crippen LogP contribution in [0.5, 0.6) is 0 Å². The zero-order chi connectivity index (χ0) is 14.4. The van der Waals surface area contributed by atoms with E-state index in [1.165, 1.54) is 5.56 Å². The van der Waals surface area contributed by atoms with Gasteiger partial charge in [0.2, 0.25) is 5.91 Å². The number of piperazine rings is 1. The molecule has 1 aromatic carbocycles. The molecule has 1 amide bonds. The third kappa shape index (κ3) is 3.80. The van der Waals surface area contributed by atoms with Gasteiger partial charge >= 0.3 is 0 Å². The number of carbonyl (C=O) groups excluding carboxylic acids is 1. The van der Waals surface area contributed by atoms with Gasteiger partial charge < -0.3 is 10.6 Å². The van der Waals surface area contributed by atoms with E-state index in [0.29, 0.717) is 6.54 Å². The number of benzene rings is 1. The molecule has 0 aromatic heterocycles. The maximum absolute atomic E-state index is 12.1. The molecular formula is C15H20N4O. The predicted octanol–water partition coefficient (Wildman–Crippen LogP) is 0.985. The summed E-state index contributed by atoms with van der Waals surface area (Å²) >= 11 is 0. The van der Waals surface area contributed by atoms with Crippen molar-refractivity contribution in [2.75, 3.05) is 31.5 Å². The standard InChI is InChI=1S/C15H20N4O/c1-2-12-4-3-5-13(8-12)18-15(20)11-19-7-6-17-10-14(19)9-16/h3-5,8,14,17H,2,6-7,10-11H2,1H3,(H,18,20). The van der Waals surface area contributed by atoms with Crippen LogP contribution in [-0.2, 0) is 11.2 Å². The molecule has 0 spiro atoms. The summed E-state index contributed by atoms with van der Waals surface area (Å²) in [6.45, 7) is 4.50. The number of anilines is 1. The topological polar surface area (TPSA) is 68.2 Å². The molecule has 0 bridgehead atoms. The molecule has 1 atom stereocenters. The molecule has 1 unspecified atom stereocenters. The van der Waals surface area contributed by atoms with Crippen molar-refractivity contribution in [1.29, 1.82) is 5.26 Å². The molecule has 2 N–H and O–H groups in total. The fraction of sp³-hybridized carbons (Fsp3) is 0.467. The van der Waals surface area contributed by atoms with Gasteiger partial charge in [-0.2, -0.15) is 5.26 Å². The maximum atomic E-state index is 12.1. The Balaban J connectivity index is 1.93. The van der Waals surface area contributed by atoms with Crippen LogP contribution in [0.3, 0.4) is 0 Å². The van der Waals surface area contributed by atoms with E-state index in [0.717, 1.165) is 25.2 Å². The minimum absolute atomic E-state index is 0.0691. The lowest BCUT2D eigenvalue weighted by molar-refractivity contribution is -0.117. The van der Waals surface area contributed by atoms with E-state index in [1.807, 2.05) is 29.2 Å². The second kappa shape index (κ2) is 7.04. The summed E-state index contributed by atoms with van der Waals surface area (Å²) in [5.41, 5.74) is 2.01. The third-order valence-corrected chi connectivity index (χ3v) is 3.47. The van der Waals surface area contributed by atoms with Gasteiger partial charge in [-0.05, 0) is 24.1 Å². The van der Waals surface area contributed by atoms with Crippen molar-refractivity contribution in [2.24, 2.45) is 0 Å².